The van der Waals surface area contributed by atoms with Gasteiger partial charge < -0.3 is 15.0 Å². The summed E-state index contributed by atoms with van der Waals surface area (Å²) in [6.45, 7) is -0.426. The lowest BCUT2D eigenvalue weighted by atomic mass is 10.0. The molecule has 0 atom stereocenters. The molecule has 1 aromatic heterocycles. The number of pyridine rings is 1. The van der Waals surface area contributed by atoms with Gasteiger partial charge in [-0.25, -0.2) is 0 Å². The highest BCUT2D eigenvalue weighted by atomic mass is 19.4. The minimum absolute atomic E-state index is 0.0371. The first-order chi connectivity index (χ1) is 13.8. The molecule has 1 fully saturated rings. The molecule has 0 bridgehead atoms. The summed E-state index contributed by atoms with van der Waals surface area (Å²) >= 11 is 0. The second-order valence-electron chi connectivity index (χ2n) is 6.71. The molecule has 2 heterocycles. The predicted octanol–water partition coefficient (Wildman–Crippen LogP) is 3.06. The Morgan fingerprint density at radius 2 is 1.79 bits per heavy atom. The summed E-state index contributed by atoms with van der Waals surface area (Å²) in [7, 11) is 0. The van der Waals surface area contributed by atoms with Gasteiger partial charge in [-0.1, -0.05) is 0 Å². The van der Waals surface area contributed by atoms with Gasteiger partial charge in [0.25, 0.3) is 11.8 Å². The molecule has 2 amide bonds. The average molecular weight is 407 g/mol. The number of amides is 2. The third-order valence-electron chi connectivity index (χ3n) is 4.54. The number of benzene rings is 1. The Morgan fingerprint density at radius 3 is 2.38 bits per heavy atom. The molecule has 0 spiro atoms. The van der Waals surface area contributed by atoms with Crippen molar-refractivity contribution in [2.24, 2.45) is 0 Å². The Morgan fingerprint density at radius 1 is 1.10 bits per heavy atom. The molecule has 0 unspecified atom stereocenters. The number of ether oxygens (including phenoxy) is 1. The van der Waals surface area contributed by atoms with Gasteiger partial charge in [-0.15, -0.1) is 0 Å². The monoisotopic (exact) mass is 407 g/mol. The summed E-state index contributed by atoms with van der Waals surface area (Å²) in [4.78, 5) is 30.4. The predicted molar refractivity (Wildman–Crippen MR) is 98.6 cm³/mol. The Bertz CT molecular complexity index is 834. The molecule has 1 aromatic carbocycles. The van der Waals surface area contributed by atoms with E-state index in [4.69, 9.17) is 0 Å². The zero-order chi connectivity index (χ0) is 20.9. The lowest BCUT2D eigenvalue weighted by molar-refractivity contribution is -0.153. The molecule has 0 saturated carbocycles. The first kappa shape index (κ1) is 20.6. The van der Waals surface area contributed by atoms with E-state index in [1.165, 1.54) is 30.5 Å². The normalized spacial score (nSPS) is 15.1. The number of halogens is 3. The highest BCUT2D eigenvalue weighted by molar-refractivity contribution is 5.95. The van der Waals surface area contributed by atoms with Crippen molar-refractivity contribution in [3.05, 3.63) is 59.9 Å². The number of carbonyl (C=O) groups excluding carboxylic acids is 2. The summed E-state index contributed by atoms with van der Waals surface area (Å²) in [5, 5.41) is 2.94. The molecular weight excluding hydrogens is 387 g/mol. The number of hydrogen-bond donors (Lipinski definition) is 1. The highest BCUT2D eigenvalue weighted by Gasteiger charge is 2.28. The van der Waals surface area contributed by atoms with Crippen LogP contribution in [0.2, 0.25) is 0 Å². The smallest absolute Gasteiger partial charge is 0.422 e. The van der Waals surface area contributed by atoms with Gasteiger partial charge >= 0.3 is 6.18 Å². The standard InChI is InChI=1S/C20H20F3N3O3/c21-20(22,23)13-29-17-5-3-14(4-6-17)19(28)26-10-7-16(8-11-26)25-18(27)15-2-1-9-24-12-15/h1-6,9,12,16H,7-8,10-11,13H2,(H,25,27). The maximum atomic E-state index is 12.6. The van der Waals surface area contributed by atoms with Crippen molar-refractivity contribution in [3.63, 3.8) is 0 Å². The zero-order valence-corrected chi connectivity index (χ0v) is 15.5. The van der Waals surface area contributed by atoms with Crippen LogP contribution in [0.4, 0.5) is 13.2 Å². The maximum Gasteiger partial charge on any atom is 0.422 e. The Balaban J connectivity index is 1.49. The second kappa shape index (κ2) is 8.93. The summed E-state index contributed by atoms with van der Waals surface area (Å²) in [6, 6.07) is 8.93. The van der Waals surface area contributed by atoms with E-state index in [0.717, 1.165) is 0 Å². The molecule has 1 aliphatic heterocycles. The summed E-state index contributed by atoms with van der Waals surface area (Å²) < 4.78 is 41.2. The maximum absolute atomic E-state index is 12.6. The zero-order valence-electron chi connectivity index (χ0n) is 15.5. The van der Waals surface area contributed by atoms with Crippen molar-refractivity contribution >= 4 is 11.8 Å². The van der Waals surface area contributed by atoms with Crippen LogP contribution < -0.4 is 10.1 Å². The van der Waals surface area contributed by atoms with Crippen LogP contribution in [0.5, 0.6) is 5.75 Å². The SMILES string of the molecule is O=C(NC1CCN(C(=O)c2ccc(OCC(F)(F)F)cc2)CC1)c1cccnc1. The van der Waals surface area contributed by atoms with E-state index in [1.54, 1.807) is 23.2 Å². The van der Waals surface area contributed by atoms with Gasteiger partial charge in [0.1, 0.15) is 5.75 Å². The third kappa shape index (κ3) is 5.94. The van der Waals surface area contributed by atoms with Crippen molar-refractivity contribution in [3.8, 4) is 5.75 Å². The second-order valence-corrected chi connectivity index (χ2v) is 6.71. The topological polar surface area (TPSA) is 71.5 Å². The summed E-state index contributed by atoms with van der Waals surface area (Å²) in [5.74, 6) is -0.350. The molecular formula is C20H20F3N3O3. The fourth-order valence-electron chi connectivity index (χ4n) is 3.03. The fraction of sp³-hybridized carbons (Fsp3) is 0.350. The van der Waals surface area contributed by atoms with Crippen LogP contribution >= 0.6 is 0 Å². The summed E-state index contributed by atoms with van der Waals surface area (Å²) in [6.07, 6.45) is -0.0910. The molecule has 154 valence electrons. The van der Waals surface area contributed by atoms with Crippen LogP contribution in [0.25, 0.3) is 0 Å². The number of likely N-dealkylation sites (tertiary alicyclic amines) is 1. The lowest BCUT2D eigenvalue weighted by Crippen LogP contribution is -2.46. The van der Waals surface area contributed by atoms with Gasteiger partial charge in [-0.3, -0.25) is 14.6 Å². The number of rotatable bonds is 5. The number of hydrogen-bond acceptors (Lipinski definition) is 4. The molecule has 1 aliphatic rings. The van der Waals surface area contributed by atoms with Gasteiger partial charge in [-0.2, -0.15) is 13.2 Å². The van der Waals surface area contributed by atoms with Crippen molar-refractivity contribution in [2.45, 2.75) is 25.1 Å². The molecule has 0 aliphatic carbocycles. The molecule has 3 rings (SSSR count). The first-order valence-corrected chi connectivity index (χ1v) is 9.11. The largest absolute Gasteiger partial charge is 0.484 e. The molecule has 0 radical (unpaired) electrons. The van der Waals surface area contributed by atoms with E-state index in [9.17, 15) is 22.8 Å². The Kier molecular flexibility index (Phi) is 6.36. The number of carbonyl (C=O) groups is 2. The van der Waals surface area contributed by atoms with Crippen molar-refractivity contribution < 1.29 is 27.5 Å². The Labute approximate surface area is 165 Å². The highest BCUT2D eigenvalue weighted by Crippen LogP contribution is 2.20. The summed E-state index contributed by atoms with van der Waals surface area (Å²) in [5.41, 5.74) is 0.862. The third-order valence-corrected chi connectivity index (χ3v) is 4.54. The van der Waals surface area contributed by atoms with E-state index >= 15 is 0 Å². The van der Waals surface area contributed by atoms with Gasteiger partial charge in [0, 0.05) is 37.1 Å². The molecule has 1 N–H and O–H groups in total. The molecule has 2 aromatic rings. The molecule has 29 heavy (non-hydrogen) atoms. The van der Waals surface area contributed by atoms with Crippen molar-refractivity contribution in [1.82, 2.24) is 15.2 Å². The van der Waals surface area contributed by atoms with Crippen molar-refractivity contribution in [1.29, 1.82) is 0 Å². The van der Waals surface area contributed by atoms with Crippen LogP contribution in [0.1, 0.15) is 33.6 Å². The molecule has 9 heteroatoms. The Hall–Kier alpha value is -3.10. The van der Waals surface area contributed by atoms with Crippen LogP contribution in [0, 0.1) is 0 Å². The van der Waals surface area contributed by atoms with Crippen molar-refractivity contribution in [2.75, 3.05) is 19.7 Å². The van der Waals surface area contributed by atoms with E-state index in [0.29, 0.717) is 37.1 Å². The van der Waals surface area contributed by atoms with Gasteiger partial charge in [-0.05, 0) is 49.2 Å². The van der Waals surface area contributed by atoms with E-state index in [2.05, 4.69) is 15.0 Å². The van der Waals surface area contributed by atoms with Gasteiger partial charge in [0.15, 0.2) is 6.61 Å². The number of nitrogens with one attached hydrogen (secondary N) is 1. The van der Waals surface area contributed by atoms with E-state index in [-0.39, 0.29) is 23.6 Å². The number of piperidine rings is 1. The molecule has 1 saturated heterocycles. The van der Waals surface area contributed by atoms with Crippen LogP contribution in [0.3, 0.4) is 0 Å². The van der Waals surface area contributed by atoms with Crippen LogP contribution in [-0.2, 0) is 0 Å². The minimum Gasteiger partial charge on any atom is -0.484 e. The fourth-order valence-corrected chi connectivity index (χ4v) is 3.03. The van der Waals surface area contributed by atoms with E-state index in [1.807, 2.05) is 0 Å². The minimum atomic E-state index is -4.41. The van der Waals surface area contributed by atoms with Crippen LogP contribution in [-0.4, -0.2) is 53.6 Å². The number of nitrogens with zero attached hydrogens (tertiary/aromatic N) is 2. The quantitative estimate of drug-likeness (QED) is 0.827. The average Bonchev–Trinajstić information content (AvgIpc) is 2.73. The molecule has 6 nitrogen and oxygen atoms in total. The lowest BCUT2D eigenvalue weighted by Gasteiger charge is -2.32. The first-order valence-electron chi connectivity index (χ1n) is 9.11. The van der Waals surface area contributed by atoms with Gasteiger partial charge in [0.05, 0.1) is 5.56 Å². The van der Waals surface area contributed by atoms with Gasteiger partial charge in [0.2, 0.25) is 0 Å². The number of aromatic nitrogens is 1. The van der Waals surface area contributed by atoms with E-state index < -0.39 is 12.8 Å². The van der Waals surface area contributed by atoms with Crippen LogP contribution in [0.15, 0.2) is 48.8 Å². The number of alkyl halides is 3.